The maximum absolute atomic E-state index is 13.1. The quantitative estimate of drug-likeness (QED) is 0.409. The first-order valence-electron chi connectivity index (χ1n) is 14.8. The molecule has 1 aromatic heterocycles. The van der Waals surface area contributed by atoms with Gasteiger partial charge in [-0.1, -0.05) is 13.8 Å². The zero-order valence-corrected chi connectivity index (χ0v) is 25.6. The summed E-state index contributed by atoms with van der Waals surface area (Å²) in [5, 5.41) is 5.81. The van der Waals surface area contributed by atoms with Crippen LogP contribution in [0.4, 0.5) is 21.1 Å². The lowest BCUT2D eigenvalue weighted by molar-refractivity contribution is 0.0154. The molecular weight excluding hydrogens is 520 g/mol. The number of nitrogens with one attached hydrogen (secondary N) is 2. The predicted octanol–water partition coefficient (Wildman–Crippen LogP) is 5.78. The minimum absolute atomic E-state index is 0.167. The van der Waals surface area contributed by atoms with E-state index in [2.05, 4.69) is 36.3 Å². The lowest BCUT2D eigenvalue weighted by atomic mass is 9.98. The number of aromatic nitrogens is 2. The summed E-state index contributed by atoms with van der Waals surface area (Å²) in [6, 6.07) is 7.24. The smallest absolute Gasteiger partial charge is 0.410 e. The molecule has 0 bridgehead atoms. The van der Waals surface area contributed by atoms with Gasteiger partial charge in [0.1, 0.15) is 11.4 Å². The Bertz CT molecular complexity index is 1210. The molecule has 10 nitrogen and oxygen atoms in total. The molecule has 10 heteroatoms. The average molecular weight is 567 g/mol. The van der Waals surface area contributed by atoms with Crippen LogP contribution in [0.25, 0.3) is 11.4 Å². The van der Waals surface area contributed by atoms with Gasteiger partial charge in [-0.2, -0.15) is 0 Å². The van der Waals surface area contributed by atoms with Gasteiger partial charge in [-0.05, 0) is 84.1 Å². The topological polar surface area (TPSA) is 109 Å². The van der Waals surface area contributed by atoms with Gasteiger partial charge in [-0.3, -0.25) is 4.90 Å². The molecule has 3 amide bonds. The van der Waals surface area contributed by atoms with E-state index in [0.29, 0.717) is 50.2 Å². The van der Waals surface area contributed by atoms with Gasteiger partial charge in [0.05, 0.1) is 31.0 Å². The van der Waals surface area contributed by atoms with Crippen molar-refractivity contribution in [3.8, 4) is 11.4 Å². The normalized spacial score (nSPS) is 19.1. The van der Waals surface area contributed by atoms with Gasteiger partial charge in [0, 0.05) is 36.4 Å². The average Bonchev–Trinajstić information content (AvgIpc) is 2.90. The van der Waals surface area contributed by atoms with Crippen LogP contribution in [0.3, 0.4) is 0 Å². The van der Waals surface area contributed by atoms with Crippen LogP contribution >= 0.6 is 0 Å². The third-order valence-electron chi connectivity index (χ3n) is 7.40. The third kappa shape index (κ3) is 7.87. The molecule has 2 atom stereocenters. The molecule has 2 unspecified atom stereocenters. The number of urea groups is 1. The lowest BCUT2D eigenvalue weighted by Gasteiger charge is -2.40. The SMILES string of the molecule is CC(C)CCCNC(=O)Nc1ccc(-c2nc3c(c(N4CCOCC4C)n2)CCN(C(=O)OC(C)(C)C)C3C)cc1. The molecule has 41 heavy (non-hydrogen) atoms. The molecule has 4 rings (SSSR count). The van der Waals surface area contributed by atoms with Crippen molar-refractivity contribution in [3.63, 3.8) is 0 Å². The van der Waals surface area contributed by atoms with E-state index in [0.717, 1.165) is 42.0 Å². The maximum Gasteiger partial charge on any atom is 0.410 e. The number of morpholine rings is 1. The van der Waals surface area contributed by atoms with Gasteiger partial charge >= 0.3 is 12.1 Å². The third-order valence-corrected chi connectivity index (χ3v) is 7.40. The predicted molar refractivity (Wildman–Crippen MR) is 161 cm³/mol. The molecule has 0 spiro atoms. The molecule has 224 valence electrons. The Labute approximate surface area is 244 Å². The van der Waals surface area contributed by atoms with Crippen LogP contribution in [-0.2, 0) is 15.9 Å². The summed E-state index contributed by atoms with van der Waals surface area (Å²) in [6.45, 7) is 17.3. The molecule has 1 saturated heterocycles. The molecule has 0 aliphatic carbocycles. The monoisotopic (exact) mass is 566 g/mol. The summed E-state index contributed by atoms with van der Waals surface area (Å²) in [5.74, 6) is 2.10. The van der Waals surface area contributed by atoms with Gasteiger partial charge < -0.3 is 25.0 Å². The number of carbonyl (C=O) groups excluding carboxylic acids is 2. The number of hydrogen-bond donors (Lipinski definition) is 2. The first-order valence-corrected chi connectivity index (χ1v) is 14.8. The van der Waals surface area contributed by atoms with E-state index >= 15 is 0 Å². The van der Waals surface area contributed by atoms with Gasteiger partial charge in [-0.25, -0.2) is 19.6 Å². The highest BCUT2D eigenvalue weighted by molar-refractivity contribution is 5.89. The van der Waals surface area contributed by atoms with E-state index in [4.69, 9.17) is 19.4 Å². The van der Waals surface area contributed by atoms with E-state index in [1.54, 1.807) is 4.90 Å². The van der Waals surface area contributed by atoms with Gasteiger partial charge in [0.25, 0.3) is 0 Å². The highest BCUT2D eigenvalue weighted by Gasteiger charge is 2.36. The summed E-state index contributed by atoms with van der Waals surface area (Å²) in [6.07, 6.45) is 2.34. The van der Waals surface area contributed by atoms with Crippen LogP contribution in [0.1, 0.15) is 78.6 Å². The van der Waals surface area contributed by atoms with E-state index in [1.807, 2.05) is 52.0 Å². The molecule has 2 aliphatic heterocycles. The summed E-state index contributed by atoms with van der Waals surface area (Å²) in [7, 11) is 0. The number of carbonyl (C=O) groups is 2. The van der Waals surface area contributed by atoms with E-state index in [-0.39, 0.29) is 24.2 Å². The maximum atomic E-state index is 13.1. The molecule has 0 radical (unpaired) electrons. The van der Waals surface area contributed by atoms with Crippen molar-refractivity contribution in [3.05, 3.63) is 35.5 Å². The summed E-state index contributed by atoms with van der Waals surface area (Å²) in [4.78, 5) is 39.5. The standard InChI is InChI=1S/C31H46N6O4/c1-20(2)9-8-15-32-29(38)33-24-12-10-23(11-13-24)27-34-26-22(4)37(30(39)41-31(5,6)7)16-14-25(26)28(35-27)36-17-18-40-19-21(36)3/h10-13,20-22H,8-9,14-19H2,1-7H3,(H2,32,33,38). The largest absolute Gasteiger partial charge is 0.444 e. The number of benzene rings is 1. The Morgan fingerprint density at radius 2 is 1.85 bits per heavy atom. The molecule has 1 aromatic carbocycles. The summed E-state index contributed by atoms with van der Waals surface area (Å²) < 4.78 is 11.4. The lowest BCUT2D eigenvalue weighted by Crippen LogP contribution is -2.46. The number of nitrogens with zero attached hydrogens (tertiary/aromatic N) is 4. The van der Waals surface area contributed by atoms with Crippen LogP contribution in [0.2, 0.25) is 0 Å². The summed E-state index contributed by atoms with van der Waals surface area (Å²) in [5.41, 5.74) is 2.85. The molecular formula is C31H46N6O4. The van der Waals surface area contributed by atoms with Crippen LogP contribution < -0.4 is 15.5 Å². The Morgan fingerprint density at radius 1 is 1.12 bits per heavy atom. The van der Waals surface area contributed by atoms with E-state index < -0.39 is 5.60 Å². The molecule has 3 heterocycles. The van der Waals surface area contributed by atoms with Crippen molar-refractivity contribution in [2.24, 2.45) is 5.92 Å². The van der Waals surface area contributed by atoms with Crippen LogP contribution in [0.5, 0.6) is 0 Å². The fraction of sp³-hybridized carbons (Fsp3) is 0.613. The van der Waals surface area contributed by atoms with Crippen molar-refractivity contribution < 1.29 is 19.1 Å². The highest BCUT2D eigenvalue weighted by Crippen LogP contribution is 2.37. The summed E-state index contributed by atoms with van der Waals surface area (Å²) >= 11 is 0. The second-order valence-corrected chi connectivity index (χ2v) is 12.4. The zero-order chi connectivity index (χ0) is 29.7. The zero-order valence-electron chi connectivity index (χ0n) is 25.6. The minimum atomic E-state index is -0.580. The number of ether oxygens (including phenoxy) is 2. The molecule has 1 fully saturated rings. The number of fused-ring (bicyclic) bond motifs is 1. The number of hydrogen-bond acceptors (Lipinski definition) is 7. The van der Waals surface area contributed by atoms with Crippen molar-refractivity contribution in [2.45, 2.75) is 85.4 Å². The van der Waals surface area contributed by atoms with Gasteiger partial charge in [-0.15, -0.1) is 0 Å². The van der Waals surface area contributed by atoms with Crippen molar-refractivity contribution in [2.75, 3.05) is 43.1 Å². The van der Waals surface area contributed by atoms with Crippen LogP contribution in [0, 0.1) is 5.92 Å². The fourth-order valence-corrected chi connectivity index (χ4v) is 5.22. The van der Waals surface area contributed by atoms with E-state index in [9.17, 15) is 9.59 Å². The Morgan fingerprint density at radius 3 is 2.51 bits per heavy atom. The van der Waals surface area contributed by atoms with Crippen molar-refractivity contribution in [1.82, 2.24) is 20.2 Å². The number of anilines is 2. The first kappa shape index (κ1) is 30.6. The fourth-order valence-electron chi connectivity index (χ4n) is 5.22. The Kier molecular flexibility index (Phi) is 9.73. The van der Waals surface area contributed by atoms with E-state index in [1.165, 1.54) is 0 Å². The first-order chi connectivity index (χ1) is 19.4. The van der Waals surface area contributed by atoms with Gasteiger partial charge in [0.15, 0.2) is 5.82 Å². The number of rotatable bonds is 7. The minimum Gasteiger partial charge on any atom is -0.444 e. The molecule has 2 aromatic rings. The van der Waals surface area contributed by atoms with Crippen molar-refractivity contribution in [1.29, 1.82) is 0 Å². The Hall–Kier alpha value is -3.40. The number of amides is 3. The van der Waals surface area contributed by atoms with Crippen LogP contribution in [-0.4, -0.2) is 71.5 Å². The van der Waals surface area contributed by atoms with Crippen molar-refractivity contribution >= 4 is 23.6 Å². The Balaban J connectivity index is 1.59. The van der Waals surface area contributed by atoms with Gasteiger partial charge in [0.2, 0.25) is 0 Å². The molecule has 0 saturated carbocycles. The molecule has 2 aliphatic rings. The van der Waals surface area contributed by atoms with Crippen LogP contribution in [0.15, 0.2) is 24.3 Å². The second-order valence-electron chi connectivity index (χ2n) is 12.4. The molecule has 2 N–H and O–H groups in total. The second kappa shape index (κ2) is 13.1. The highest BCUT2D eigenvalue weighted by atomic mass is 16.6.